The van der Waals surface area contributed by atoms with E-state index in [9.17, 15) is 13.2 Å². The molecular weight excluding hydrogens is 355 g/mol. The predicted molar refractivity (Wildman–Crippen MR) is 96.2 cm³/mol. The van der Waals surface area contributed by atoms with E-state index in [4.69, 9.17) is 0 Å². The van der Waals surface area contributed by atoms with Crippen LogP contribution < -0.4 is 4.74 Å². The van der Waals surface area contributed by atoms with Gasteiger partial charge in [0.1, 0.15) is 5.75 Å². The Morgan fingerprint density at radius 3 is 2.59 bits per heavy atom. The molecule has 0 bridgehead atoms. The van der Waals surface area contributed by atoms with Crippen molar-refractivity contribution in [2.45, 2.75) is 19.5 Å². The Kier molecular flexibility index (Phi) is 4.90. The zero-order valence-corrected chi connectivity index (χ0v) is 15.2. The van der Waals surface area contributed by atoms with Gasteiger partial charge in [0.25, 0.3) is 0 Å². The molecule has 1 aromatic heterocycles. The Morgan fingerprint density at radius 2 is 1.93 bits per heavy atom. The molecule has 146 valence electrons. The summed E-state index contributed by atoms with van der Waals surface area (Å²) in [5.74, 6) is 1.88. The third kappa shape index (κ3) is 4.47. The molecule has 1 aliphatic carbocycles. The molecular formula is C20H23F3N3O-. The number of aromatic nitrogens is 1. The van der Waals surface area contributed by atoms with Gasteiger partial charge in [0.15, 0.2) is 0 Å². The van der Waals surface area contributed by atoms with Gasteiger partial charge in [-0.05, 0) is 36.1 Å². The summed E-state index contributed by atoms with van der Waals surface area (Å²) in [5.41, 5.74) is 2.08. The summed E-state index contributed by atoms with van der Waals surface area (Å²) >= 11 is 0. The fourth-order valence-electron chi connectivity index (χ4n) is 4.21. The van der Waals surface area contributed by atoms with Crippen LogP contribution in [0.2, 0.25) is 0 Å². The third-order valence-corrected chi connectivity index (χ3v) is 5.65. The highest BCUT2D eigenvalue weighted by Gasteiger charge is 2.53. The number of piperidine rings is 1. The maximum atomic E-state index is 12.3. The van der Waals surface area contributed by atoms with E-state index in [0.717, 1.165) is 31.7 Å². The van der Waals surface area contributed by atoms with Gasteiger partial charge >= 0.3 is 6.36 Å². The molecule has 1 saturated heterocycles. The van der Waals surface area contributed by atoms with E-state index >= 15 is 0 Å². The van der Waals surface area contributed by atoms with Gasteiger partial charge in [0.2, 0.25) is 0 Å². The van der Waals surface area contributed by atoms with Crippen molar-refractivity contribution in [3.05, 3.63) is 59.2 Å². The lowest BCUT2D eigenvalue weighted by atomic mass is 10.2. The lowest BCUT2D eigenvalue weighted by Gasteiger charge is -2.24. The van der Waals surface area contributed by atoms with Gasteiger partial charge in [-0.2, -0.15) is 0 Å². The van der Waals surface area contributed by atoms with Crippen molar-refractivity contribution < 1.29 is 17.9 Å². The summed E-state index contributed by atoms with van der Waals surface area (Å²) in [7, 11) is 2.07. The first kappa shape index (κ1) is 18.4. The van der Waals surface area contributed by atoms with Crippen molar-refractivity contribution in [1.82, 2.24) is 9.47 Å². The molecule has 4 rings (SSSR count). The number of fused-ring (bicyclic) bond motifs is 1. The second kappa shape index (κ2) is 7.20. The smallest absolute Gasteiger partial charge is 0.573 e. The molecule has 2 fully saturated rings. The maximum absolute atomic E-state index is 12.3. The fraction of sp³-hybridized carbons (Fsp3) is 0.500. The van der Waals surface area contributed by atoms with Gasteiger partial charge in [-0.1, -0.05) is 23.6 Å². The van der Waals surface area contributed by atoms with Gasteiger partial charge in [0.05, 0.1) is 0 Å². The van der Waals surface area contributed by atoms with E-state index in [2.05, 4.69) is 44.9 Å². The topological polar surface area (TPSA) is 31.5 Å². The predicted octanol–water partition coefficient (Wildman–Crippen LogP) is 4.18. The molecule has 4 nitrogen and oxygen atoms in total. The van der Waals surface area contributed by atoms with E-state index in [1.165, 1.54) is 17.8 Å². The minimum Gasteiger partial charge on any atom is -0.658 e. The lowest BCUT2D eigenvalue weighted by molar-refractivity contribution is -0.274. The normalized spacial score (nSPS) is 24.8. The zero-order valence-electron chi connectivity index (χ0n) is 15.2. The first-order chi connectivity index (χ1) is 12.9. The third-order valence-electron chi connectivity index (χ3n) is 5.65. The van der Waals surface area contributed by atoms with E-state index in [1.807, 2.05) is 0 Å². The van der Waals surface area contributed by atoms with Crippen LogP contribution in [-0.4, -0.2) is 35.5 Å². The molecule has 1 aromatic carbocycles. The fourth-order valence-corrected chi connectivity index (χ4v) is 4.21. The Bertz CT molecular complexity index is 777. The van der Waals surface area contributed by atoms with Crippen molar-refractivity contribution in [2.75, 3.05) is 19.6 Å². The summed E-state index contributed by atoms with van der Waals surface area (Å²) in [6.07, 6.45) is -2.59. The Morgan fingerprint density at radius 1 is 1.15 bits per heavy atom. The van der Waals surface area contributed by atoms with Crippen molar-refractivity contribution in [3.8, 4) is 5.75 Å². The second-order valence-corrected chi connectivity index (χ2v) is 7.56. The maximum Gasteiger partial charge on any atom is 0.573 e. The van der Waals surface area contributed by atoms with Crippen LogP contribution in [0.4, 0.5) is 13.2 Å². The minimum absolute atomic E-state index is 0.185. The molecule has 2 heterocycles. The summed E-state index contributed by atoms with van der Waals surface area (Å²) in [4.78, 5) is 2.50. The summed E-state index contributed by atoms with van der Waals surface area (Å²) in [6, 6.07) is 10.3. The van der Waals surface area contributed by atoms with Crippen molar-refractivity contribution in [1.29, 1.82) is 0 Å². The van der Waals surface area contributed by atoms with Crippen LogP contribution in [0.1, 0.15) is 11.3 Å². The molecule has 2 atom stereocenters. The minimum atomic E-state index is -4.66. The van der Waals surface area contributed by atoms with Crippen molar-refractivity contribution in [3.63, 3.8) is 0 Å². The van der Waals surface area contributed by atoms with Crippen LogP contribution in [0.15, 0.2) is 42.6 Å². The zero-order chi connectivity index (χ0) is 19.0. The number of likely N-dealkylation sites (tertiary alicyclic amines) is 1. The molecule has 2 aromatic rings. The average molecular weight is 378 g/mol. The number of nitrogens with zero attached hydrogens (tertiary/aromatic N) is 3. The van der Waals surface area contributed by atoms with E-state index in [1.54, 1.807) is 12.1 Å². The number of hydrogen-bond acceptors (Lipinski definition) is 2. The molecule has 2 unspecified atom stereocenters. The second-order valence-electron chi connectivity index (χ2n) is 7.56. The highest BCUT2D eigenvalue weighted by molar-refractivity contribution is 5.30. The van der Waals surface area contributed by atoms with Crippen molar-refractivity contribution in [2.24, 2.45) is 24.8 Å². The molecule has 2 aliphatic rings. The van der Waals surface area contributed by atoms with Gasteiger partial charge in [0, 0.05) is 38.6 Å². The number of halogens is 3. The van der Waals surface area contributed by atoms with Crippen LogP contribution in [-0.2, 0) is 20.1 Å². The van der Waals surface area contributed by atoms with Crippen LogP contribution in [0, 0.1) is 17.8 Å². The quantitative estimate of drug-likeness (QED) is 0.724. The number of rotatable bonds is 7. The standard InChI is InChI=1S/C20H23F3N3O/c1-25-7-3-5-15(25)11-26-12-18-17(19(18)13-26)10-24-9-14-4-2-6-16(8-14)27-20(21,22)23/h2-8,17-19H,9-13H2,1H3/q-1. The van der Waals surface area contributed by atoms with Gasteiger partial charge < -0.3 is 14.6 Å². The highest BCUT2D eigenvalue weighted by atomic mass is 19.4. The number of alkyl halides is 3. The Hall–Kier alpha value is -1.99. The summed E-state index contributed by atoms with van der Waals surface area (Å²) in [5, 5.41) is 4.58. The van der Waals surface area contributed by atoms with Gasteiger partial charge in [-0.25, -0.2) is 0 Å². The number of hydrogen-bond donors (Lipinski definition) is 0. The van der Waals surface area contributed by atoms with Gasteiger partial charge in [-0.3, -0.25) is 4.90 Å². The van der Waals surface area contributed by atoms with E-state index < -0.39 is 6.36 Å². The number of ether oxygens (including phenoxy) is 1. The lowest BCUT2D eigenvalue weighted by Crippen LogP contribution is -2.25. The van der Waals surface area contributed by atoms with E-state index in [-0.39, 0.29) is 5.75 Å². The highest BCUT2D eigenvalue weighted by Crippen LogP contribution is 2.52. The van der Waals surface area contributed by atoms with E-state index in [0.29, 0.717) is 24.3 Å². The van der Waals surface area contributed by atoms with Crippen LogP contribution in [0.25, 0.3) is 5.32 Å². The summed E-state index contributed by atoms with van der Waals surface area (Å²) in [6.45, 7) is 4.44. The summed E-state index contributed by atoms with van der Waals surface area (Å²) < 4.78 is 43.0. The molecule has 27 heavy (non-hydrogen) atoms. The molecule has 0 amide bonds. The molecule has 1 aliphatic heterocycles. The van der Waals surface area contributed by atoms with Crippen LogP contribution in [0.5, 0.6) is 5.75 Å². The number of aryl methyl sites for hydroxylation is 1. The molecule has 0 N–H and O–H groups in total. The monoisotopic (exact) mass is 378 g/mol. The Balaban J connectivity index is 1.19. The van der Waals surface area contributed by atoms with Crippen molar-refractivity contribution >= 4 is 0 Å². The average Bonchev–Trinajstić information content (AvgIpc) is 2.92. The molecule has 7 heteroatoms. The molecule has 1 saturated carbocycles. The Labute approximate surface area is 156 Å². The van der Waals surface area contributed by atoms with Crippen LogP contribution in [0.3, 0.4) is 0 Å². The molecule has 0 spiro atoms. The molecule has 0 radical (unpaired) electrons. The number of benzene rings is 1. The van der Waals surface area contributed by atoms with Gasteiger partial charge in [-0.15, -0.1) is 26.3 Å². The first-order valence-electron chi connectivity index (χ1n) is 9.19. The van der Waals surface area contributed by atoms with Crippen LogP contribution >= 0.6 is 0 Å². The SMILES string of the molecule is Cn1cccc1CN1CC2C(C[N-]Cc3cccc(OC(F)(F)F)c3)C2C1. The largest absolute Gasteiger partial charge is 0.658 e. The first-order valence-corrected chi connectivity index (χ1v) is 9.19.